The molecule has 0 aliphatic heterocycles. The van der Waals surface area contributed by atoms with Gasteiger partial charge in [0.25, 0.3) is 5.91 Å². The average Bonchev–Trinajstić information content (AvgIpc) is 2.85. The van der Waals surface area contributed by atoms with Crippen LogP contribution in [-0.4, -0.2) is 47.4 Å². The van der Waals surface area contributed by atoms with Crippen LogP contribution in [0.1, 0.15) is 68.6 Å². The van der Waals surface area contributed by atoms with E-state index >= 15 is 0 Å². The number of nitrogens with one attached hydrogen (secondary N) is 2. The zero-order valence-electron chi connectivity index (χ0n) is 20.1. The van der Waals surface area contributed by atoms with Crippen molar-refractivity contribution in [2.24, 2.45) is 0 Å². The van der Waals surface area contributed by atoms with Gasteiger partial charge in [-0.15, -0.1) is 0 Å². The minimum Gasteiger partial charge on any atom is -0.508 e. The molecule has 34 heavy (non-hydrogen) atoms. The number of carbonyl (C=O) groups is 3. The molecule has 2 aromatic carbocycles. The van der Waals surface area contributed by atoms with Gasteiger partial charge < -0.3 is 20.6 Å². The summed E-state index contributed by atoms with van der Waals surface area (Å²) >= 11 is 0. The van der Waals surface area contributed by atoms with Crippen LogP contribution in [0.25, 0.3) is 0 Å². The Morgan fingerprint density at radius 3 is 2.26 bits per heavy atom. The predicted octanol–water partition coefficient (Wildman–Crippen LogP) is 4.73. The minimum atomic E-state index is -0.166. The van der Waals surface area contributed by atoms with Crippen molar-refractivity contribution in [2.75, 3.05) is 25.0 Å². The third kappa shape index (κ3) is 10.5. The number of benzene rings is 2. The SMILES string of the molecule is CCCCCC(=O)N(CCCCCNC(=O)c1ccccc1)CCC(=O)Nc1ccc(O)cc1. The molecule has 2 rings (SSSR count). The Hall–Kier alpha value is -3.35. The number of phenols is 1. The molecule has 2 aromatic rings. The Balaban J connectivity index is 1.73. The maximum absolute atomic E-state index is 12.7. The van der Waals surface area contributed by atoms with Crippen LogP contribution in [0, 0.1) is 0 Å². The highest BCUT2D eigenvalue weighted by atomic mass is 16.3. The van der Waals surface area contributed by atoms with E-state index in [0.29, 0.717) is 37.3 Å². The summed E-state index contributed by atoms with van der Waals surface area (Å²) < 4.78 is 0. The van der Waals surface area contributed by atoms with Gasteiger partial charge >= 0.3 is 0 Å². The fourth-order valence-corrected chi connectivity index (χ4v) is 3.55. The van der Waals surface area contributed by atoms with Crippen LogP contribution in [0.5, 0.6) is 5.75 Å². The summed E-state index contributed by atoms with van der Waals surface area (Å²) in [5, 5.41) is 15.1. The first kappa shape index (κ1) is 26.9. The molecule has 3 N–H and O–H groups in total. The number of nitrogens with zero attached hydrogens (tertiary/aromatic N) is 1. The molecule has 3 amide bonds. The first-order valence-electron chi connectivity index (χ1n) is 12.2. The highest BCUT2D eigenvalue weighted by Crippen LogP contribution is 2.14. The number of hydrogen-bond donors (Lipinski definition) is 3. The van der Waals surface area contributed by atoms with Crippen LogP contribution in [0.2, 0.25) is 0 Å². The van der Waals surface area contributed by atoms with E-state index in [-0.39, 0.29) is 29.9 Å². The van der Waals surface area contributed by atoms with Crippen molar-refractivity contribution < 1.29 is 19.5 Å². The Labute approximate surface area is 202 Å². The lowest BCUT2D eigenvalue weighted by Gasteiger charge is -2.23. The Morgan fingerprint density at radius 1 is 0.824 bits per heavy atom. The second-order valence-electron chi connectivity index (χ2n) is 8.37. The molecular weight excluding hydrogens is 430 g/mol. The number of aromatic hydroxyl groups is 1. The quantitative estimate of drug-likeness (QED) is 0.260. The fourth-order valence-electron chi connectivity index (χ4n) is 3.55. The van der Waals surface area contributed by atoms with Gasteiger partial charge in [0.15, 0.2) is 0 Å². The van der Waals surface area contributed by atoms with Crippen LogP contribution < -0.4 is 10.6 Å². The van der Waals surface area contributed by atoms with Gasteiger partial charge in [-0.3, -0.25) is 14.4 Å². The minimum absolute atomic E-state index is 0.0760. The molecule has 7 heteroatoms. The van der Waals surface area contributed by atoms with Gasteiger partial charge in [0.1, 0.15) is 5.75 Å². The second-order valence-corrected chi connectivity index (χ2v) is 8.37. The number of anilines is 1. The maximum Gasteiger partial charge on any atom is 0.251 e. The lowest BCUT2D eigenvalue weighted by atomic mass is 10.1. The zero-order chi connectivity index (χ0) is 24.6. The molecule has 0 saturated carbocycles. The van der Waals surface area contributed by atoms with Crippen LogP contribution in [0.3, 0.4) is 0 Å². The van der Waals surface area contributed by atoms with Gasteiger partial charge in [-0.05, 0) is 62.1 Å². The normalized spacial score (nSPS) is 10.5. The third-order valence-corrected chi connectivity index (χ3v) is 5.53. The summed E-state index contributed by atoms with van der Waals surface area (Å²) in [5.41, 5.74) is 1.26. The fraction of sp³-hybridized carbons (Fsp3) is 0.444. The molecular formula is C27H37N3O4. The molecule has 0 aromatic heterocycles. The average molecular weight is 468 g/mol. The predicted molar refractivity (Wildman–Crippen MR) is 135 cm³/mol. The number of amides is 3. The Kier molecular flexibility index (Phi) is 12.2. The summed E-state index contributed by atoms with van der Waals surface area (Å²) in [6, 6.07) is 15.4. The van der Waals surface area contributed by atoms with Gasteiger partial charge in [-0.1, -0.05) is 38.0 Å². The van der Waals surface area contributed by atoms with Crippen molar-refractivity contribution in [3.05, 3.63) is 60.2 Å². The zero-order valence-corrected chi connectivity index (χ0v) is 20.1. The van der Waals surface area contributed by atoms with E-state index in [1.165, 1.54) is 12.1 Å². The largest absolute Gasteiger partial charge is 0.508 e. The smallest absolute Gasteiger partial charge is 0.251 e. The van der Waals surface area contributed by atoms with E-state index in [9.17, 15) is 19.5 Å². The molecule has 0 atom stereocenters. The van der Waals surface area contributed by atoms with Gasteiger partial charge in [-0.25, -0.2) is 0 Å². The van der Waals surface area contributed by atoms with Crippen LogP contribution >= 0.6 is 0 Å². The van der Waals surface area contributed by atoms with Gasteiger partial charge in [0, 0.05) is 43.7 Å². The first-order valence-corrected chi connectivity index (χ1v) is 12.2. The number of rotatable bonds is 15. The maximum atomic E-state index is 12.7. The number of hydrogen-bond acceptors (Lipinski definition) is 4. The highest BCUT2D eigenvalue weighted by molar-refractivity contribution is 5.94. The second kappa shape index (κ2) is 15.5. The van der Waals surface area contributed by atoms with Crippen LogP contribution in [0.15, 0.2) is 54.6 Å². The first-order chi connectivity index (χ1) is 16.5. The standard InChI is InChI=1S/C27H37N3O4/c1-2-3-6-13-26(33)30(21-18-25(32)29-23-14-16-24(31)17-15-23)20-10-5-9-19-28-27(34)22-11-7-4-8-12-22/h4,7-8,11-12,14-17,31H,2-3,5-6,9-10,13,18-21H2,1H3,(H,28,34)(H,29,32). The molecule has 0 bridgehead atoms. The monoisotopic (exact) mass is 467 g/mol. The summed E-state index contributed by atoms with van der Waals surface area (Å²) in [6.07, 6.45) is 6.18. The molecule has 0 aliphatic carbocycles. The van der Waals surface area contributed by atoms with Crippen molar-refractivity contribution in [1.82, 2.24) is 10.2 Å². The van der Waals surface area contributed by atoms with E-state index in [1.807, 2.05) is 18.2 Å². The van der Waals surface area contributed by atoms with Gasteiger partial charge in [0.05, 0.1) is 0 Å². The van der Waals surface area contributed by atoms with Crippen molar-refractivity contribution in [3.63, 3.8) is 0 Å². The molecule has 0 saturated heterocycles. The van der Waals surface area contributed by atoms with Crippen molar-refractivity contribution in [2.45, 2.75) is 58.3 Å². The molecule has 0 heterocycles. The van der Waals surface area contributed by atoms with Crippen molar-refractivity contribution in [1.29, 1.82) is 0 Å². The third-order valence-electron chi connectivity index (χ3n) is 5.53. The van der Waals surface area contributed by atoms with E-state index in [1.54, 1.807) is 29.2 Å². The van der Waals surface area contributed by atoms with Gasteiger partial charge in [0.2, 0.25) is 11.8 Å². The molecule has 0 radical (unpaired) electrons. The lowest BCUT2D eigenvalue weighted by Crippen LogP contribution is -2.34. The molecule has 0 fully saturated rings. The van der Waals surface area contributed by atoms with Crippen molar-refractivity contribution in [3.8, 4) is 5.75 Å². The van der Waals surface area contributed by atoms with E-state index in [0.717, 1.165) is 38.5 Å². The van der Waals surface area contributed by atoms with Crippen LogP contribution in [-0.2, 0) is 9.59 Å². The molecule has 7 nitrogen and oxygen atoms in total. The Morgan fingerprint density at radius 2 is 1.56 bits per heavy atom. The molecule has 0 spiro atoms. The summed E-state index contributed by atoms with van der Waals surface area (Å²) in [7, 11) is 0. The number of carbonyl (C=O) groups excluding carboxylic acids is 3. The van der Waals surface area contributed by atoms with Gasteiger partial charge in [-0.2, -0.15) is 0 Å². The van der Waals surface area contributed by atoms with Crippen LogP contribution in [0.4, 0.5) is 5.69 Å². The summed E-state index contributed by atoms with van der Waals surface area (Å²) in [6.45, 7) is 3.67. The summed E-state index contributed by atoms with van der Waals surface area (Å²) in [5.74, 6) is -0.0154. The molecule has 184 valence electrons. The lowest BCUT2D eigenvalue weighted by molar-refractivity contribution is -0.131. The van der Waals surface area contributed by atoms with E-state index in [4.69, 9.17) is 0 Å². The highest BCUT2D eigenvalue weighted by Gasteiger charge is 2.15. The van der Waals surface area contributed by atoms with Crippen molar-refractivity contribution >= 4 is 23.4 Å². The van der Waals surface area contributed by atoms with E-state index < -0.39 is 0 Å². The molecule has 0 aliphatic rings. The molecule has 0 unspecified atom stereocenters. The number of phenolic OH excluding ortho intramolecular Hbond substituents is 1. The topological polar surface area (TPSA) is 98.7 Å². The van der Waals surface area contributed by atoms with E-state index in [2.05, 4.69) is 17.6 Å². The summed E-state index contributed by atoms with van der Waals surface area (Å²) in [4.78, 5) is 38.9. The Bertz CT molecular complexity index is 885. The number of unbranched alkanes of at least 4 members (excludes halogenated alkanes) is 4.